The van der Waals surface area contributed by atoms with Crippen LogP contribution in [0.2, 0.25) is 0 Å². The van der Waals surface area contributed by atoms with Gasteiger partial charge in [-0.1, -0.05) is 59.7 Å². The minimum atomic E-state index is -4.51. The molecule has 59 heavy (non-hydrogen) atoms. The number of carbonyl (C=O) groups excluding carboxylic acids is 2. The third-order valence-corrected chi connectivity index (χ3v) is 14.7. The van der Waals surface area contributed by atoms with E-state index in [0.29, 0.717) is 51.5 Å². The van der Waals surface area contributed by atoms with Gasteiger partial charge < -0.3 is 20.1 Å². The van der Waals surface area contributed by atoms with Crippen LogP contribution in [0.4, 0.5) is 0 Å². The van der Waals surface area contributed by atoms with Crippen molar-refractivity contribution < 1.29 is 45.0 Å². The number of ether oxygens (including phenoxy) is 2. The van der Waals surface area contributed by atoms with Crippen LogP contribution in [-0.4, -0.2) is 83.6 Å². The summed E-state index contributed by atoms with van der Waals surface area (Å²) >= 11 is 1.69. The average Bonchev–Trinajstić information content (AvgIpc) is 3.93. The van der Waals surface area contributed by atoms with E-state index in [9.17, 15) is 35.5 Å². The molecule has 6 heterocycles. The summed E-state index contributed by atoms with van der Waals surface area (Å²) in [6.45, 7) is 5.17. The predicted molar refractivity (Wildman–Crippen MR) is 219 cm³/mol. The number of thiophene rings is 2. The number of nitrogens with one attached hydrogen (secondary N) is 2. The van der Waals surface area contributed by atoms with Crippen molar-refractivity contribution in [2.24, 2.45) is 0 Å². The predicted octanol–water partition coefficient (Wildman–Crippen LogP) is 5.16. The summed E-state index contributed by atoms with van der Waals surface area (Å²) in [4.78, 5) is 28.4. The second-order valence-corrected chi connectivity index (χ2v) is 19.6. The van der Waals surface area contributed by atoms with Crippen LogP contribution in [0.3, 0.4) is 0 Å². The van der Waals surface area contributed by atoms with Gasteiger partial charge in [0.1, 0.15) is 11.5 Å². The van der Waals surface area contributed by atoms with Crippen molar-refractivity contribution in [3.8, 4) is 32.6 Å². The van der Waals surface area contributed by atoms with Crippen molar-refractivity contribution in [2.75, 3.05) is 26.3 Å². The Morgan fingerprint density at radius 2 is 1.07 bits per heavy atom. The van der Waals surface area contributed by atoms with Crippen LogP contribution in [0.5, 0.6) is 11.5 Å². The first-order valence-electron chi connectivity index (χ1n) is 18.5. The molecule has 0 unspecified atom stereocenters. The van der Waals surface area contributed by atoms with Gasteiger partial charge in [-0.2, -0.15) is 27.0 Å². The van der Waals surface area contributed by atoms with E-state index in [1.807, 2.05) is 62.4 Å². The molecule has 2 aromatic carbocycles. The van der Waals surface area contributed by atoms with E-state index in [-0.39, 0.29) is 70.7 Å². The maximum atomic E-state index is 13.7. The Kier molecular flexibility index (Phi) is 11.0. The topological polar surface area (TPSA) is 221 Å². The molecule has 308 valence electrons. The lowest BCUT2D eigenvalue weighted by molar-refractivity contribution is 0.0944. The molecule has 2 aliphatic heterocycles. The maximum absolute atomic E-state index is 13.7. The number of benzene rings is 2. The molecule has 0 saturated heterocycles. The number of rotatable bonds is 12. The smallest absolute Gasteiger partial charge is 0.304 e. The minimum Gasteiger partial charge on any atom is -0.492 e. The van der Waals surface area contributed by atoms with Crippen LogP contribution in [0.1, 0.15) is 60.8 Å². The molecule has 4 aromatic heterocycles. The van der Waals surface area contributed by atoms with Crippen molar-refractivity contribution in [3.05, 3.63) is 105 Å². The molecule has 0 saturated carbocycles. The number of aromatic nitrogens is 4. The highest BCUT2D eigenvalue weighted by Crippen LogP contribution is 2.46. The van der Waals surface area contributed by atoms with E-state index in [1.54, 1.807) is 9.36 Å². The third kappa shape index (κ3) is 8.41. The number of amides is 2. The number of nitrogens with zero attached hydrogens (tertiary/aromatic N) is 4. The van der Waals surface area contributed by atoms with Gasteiger partial charge >= 0.3 is 20.2 Å². The third-order valence-electron chi connectivity index (χ3n) is 9.87. The van der Waals surface area contributed by atoms with Gasteiger partial charge in [0.2, 0.25) is 0 Å². The largest absolute Gasteiger partial charge is 0.492 e. The SMILES string of the molecule is Cc1ccc(Cn2nc(C(=O)NCCCNC(=O)c3nn(Cc4ccc(C)cc4)c4c3CCOc3cc(S(=O)(=O)O)sc3-4)c3c2-c2sc(S(=O)(=O)O)cc2OCC3)cc1. The standard InChI is InChI=1S/C39H38N6O10S4/c1-22-4-8-24(9-5-22)20-44-34-26(12-16-54-28-18-30(56-36(28)34)58(48,49)50)32(42-44)38(46)40-14-3-15-41-39(47)33-27-13-17-55-29-19-31(59(51,52)53)57-37(29)35(27)45(43-33)21-25-10-6-23(2)7-11-25/h4-11,18-19H,3,12-17,20-21H2,1-2H3,(H,40,46)(H,41,47)(H,48,49,50)(H,51,52,53). The van der Waals surface area contributed by atoms with Crippen LogP contribution >= 0.6 is 22.7 Å². The minimum absolute atomic E-state index is 0.149. The molecule has 0 aliphatic carbocycles. The molecule has 16 nitrogen and oxygen atoms in total. The molecular weight excluding hydrogens is 841 g/mol. The fourth-order valence-electron chi connectivity index (χ4n) is 7.00. The Hall–Kier alpha value is -5.38. The summed E-state index contributed by atoms with van der Waals surface area (Å²) in [6.07, 6.45) is 0.989. The molecule has 2 amide bonds. The Labute approximate surface area is 347 Å². The first-order chi connectivity index (χ1) is 28.1. The van der Waals surface area contributed by atoms with Gasteiger partial charge in [0, 0.05) is 49.2 Å². The second kappa shape index (κ2) is 16.0. The van der Waals surface area contributed by atoms with Crippen LogP contribution in [0.15, 0.2) is 69.1 Å². The first-order valence-corrected chi connectivity index (χ1v) is 23.0. The van der Waals surface area contributed by atoms with Gasteiger partial charge in [-0.15, -0.1) is 22.7 Å². The number of fused-ring (bicyclic) bond motifs is 6. The summed E-state index contributed by atoms with van der Waals surface area (Å²) < 4.78 is 82.3. The summed E-state index contributed by atoms with van der Waals surface area (Å²) in [6, 6.07) is 18.2. The van der Waals surface area contributed by atoms with Gasteiger partial charge in [0.15, 0.2) is 19.8 Å². The molecule has 0 spiro atoms. The molecule has 0 radical (unpaired) electrons. The molecule has 8 rings (SSSR count). The number of aryl methyl sites for hydroxylation is 2. The van der Waals surface area contributed by atoms with E-state index in [1.165, 1.54) is 12.1 Å². The summed E-state index contributed by atoms with van der Waals surface area (Å²) in [5.74, 6) is -0.364. The normalized spacial score (nSPS) is 13.5. The second-order valence-electron chi connectivity index (χ2n) is 14.2. The van der Waals surface area contributed by atoms with E-state index >= 15 is 0 Å². The lowest BCUT2D eigenvalue weighted by Crippen LogP contribution is -2.31. The number of hydrogen-bond donors (Lipinski definition) is 4. The summed E-state index contributed by atoms with van der Waals surface area (Å²) in [7, 11) is -9.03. The van der Waals surface area contributed by atoms with Crippen molar-refractivity contribution in [1.29, 1.82) is 0 Å². The fraction of sp³-hybridized carbons (Fsp3) is 0.282. The van der Waals surface area contributed by atoms with E-state index in [2.05, 4.69) is 10.6 Å². The van der Waals surface area contributed by atoms with Gasteiger partial charge in [0.05, 0.1) is 47.4 Å². The molecule has 4 N–H and O–H groups in total. The Bertz CT molecular complexity index is 2630. The van der Waals surface area contributed by atoms with Gasteiger partial charge in [-0.05, 0) is 31.4 Å². The van der Waals surface area contributed by atoms with Crippen LogP contribution in [-0.2, 0) is 46.2 Å². The van der Waals surface area contributed by atoms with Crippen LogP contribution in [0.25, 0.3) is 21.1 Å². The van der Waals surface area contributed by atoms with E-state index in [0.717, 1.165) is 44.9 Å². The van der Waals surface area contributed by atoms with Crippen molar-refractivity contribution >= 4 is 54.7 Å². The highest BCUT2D eigenvalue weighted by Gasteiger charge is 2.33. The van der Waals surface area contributed by atoms with Gasteiger partial charge in [-0.3, -0.25) is 28.1 Å². The molecule has 6 aromatic rings. The van der Waals surface area contributed by atoms with Gasteiger partial charge in [-0.25, -0.2) is 0 Å². The lowest BCUT2D eigenvalue weighted by atomic mass is 10.1. The lowest BCUT2D eigenvalue weighted by Gasteiger charge is -2.08. The quantitative estimate of drug-likeness (QED) is 0.0925. The first kappa shape index (κ1) is 40.4. The van der Waals surface area contributed by atoms with Gasteiger partial charge in [0.25, 0.3) is 11.8 Å². The number of hydrogen-bond acceptors (Lipinski definition) is 12. The Morgan fingerprint density at radius 3 is 1.44 bits per heavy atom. The monoisotopic (exact) mass is 878 g/mol. The molecule has 0 atom stereocenters. The Balaban J connectivity index is 0.997. The van der Waals surface area contributed by atoms with Crippen LogP contribution in [0, 0.1) is 13.8 Å². The highest BCUT2D eigenvalue weighted by atomic mass is 32.3. The molecular formula is C39H38N6O10S4. The molecule has 0 bridgehead atoms. The number of carbonyl (C=O) groups is 2. The average molecular weight is 879 g/mol. The van der Waals surface area contributed by atoms with Crippen LogP contribution < -0.4 is 20.1 Å². The summed E-state index contributed by atoms with van der Waals surface area (Å²) in [5, 5.41) is 15.2. The van der Waals surface area contributed by atoms with E-state index < -0.39 is 32.1 Å². The molecule has 0 fully saturated rings. The molecule has 2 aliphatic rings. The Morgan fingerprint density at radius 1 is 0.678 bits per heavy atom. The summed E-state index contributed by atoms with van der Waals surface area (Å²) in [5.41, 5.74) is 6.49. The van der Waals surface area contributed by atoms with Crippen molar-refractivity contribution in [2.45, 2.75) is 54.6 Å². The maximum Gasteiger partial charge on any atom is 0.304 e. The van der Waals surface area contributed by atoms with Crippen molar-refractivity contribution in [1.82, 2.24) is 30.2 Å². The molecule has 20 heteroatoms. The zero-order valence-electron chi connectivity index (χ0n) is 31.7. The van der Waals surface area contributed by atoms with Crippen molar-refractivity contribution in [3.63, 3.8) is 0 Å². The van der Waals surface area contributed by atoms with E-state index in [4.69, 9.17) is 19.7 Å². The fourth-order valence-corrected chi connectivity index (χ4v) is 10.7. The zero-order valence-corrected chi connectivity index (χ0v) is 35.0. The zero-order chi connectivity index (χ0) is 41.6. The highest BCUT2D eigenvalue weighted by molar-refractivity contribution is 7.88.